The van der Waals surface area contributed by atoms with E-state index in [2.05, 4.69) is 0 Å². The third-order valence-corrected chi connectivity index (χ3v) is 1.60. The molecule has 0 heterocycles. The summed E-state index contributed by atoms with van der Waals surface area (Å²) in [5.41, 5.74) is 6.05. The third-order valence-electron chi connectivity index (χ3n) is 1.60. The SMILES string of the molecule is CC(=O)Oc1ccc(C=CC(=N)N)cc1. The number of esters is 1. The largest absolute Gasteiger partial charge is 0.427 e. The summed E-state index contributed by atoms with van der Waals surface area (Å²) in [6, 6.07) is 6.91. The topological polar surface area (TPSA) is 76.2 Å². The summed E-state index contributed by atoms with van der Waals surface area (Å²) in [4.78, 5) is 10.6. The Morgan fingerprint density at radius 2 is 2.00 bits per heavy atom. The van der Waals surface area contributed by atoms with Crippen molar-refractivity contribution < 1.29 is 9.53 Å². The summed E-state index contributed by atoms with van der Waals surface area (Å²) in [6.07, 6.45) is 3.20. The molecule has 78 valence electrons. The second-order valence-electron chi connectivity index (χ2n) is 2.95. The Labute approximate surface area is 87.9 Å². The number of carbonyl (C=O) groups excluding carboxylic acids is 1. The zero-order chi connectivity index (χ0) is 11.3. The van der Waals surface area contributed by atoms with Gasteiger partial charge in [-0.2, -0.15) is 0 Å². The number of nitrogens with two attached hydrogens (primary N) is 1. The van der Waals surface area contributed by atoms with Gasteiger partial charge in [0.1, 0.15) is 11.6 Å². The van der Waals surface area contributed by atoms with E-state index in [9.17, 15) is 4.79 Å². The highest BCUT2D eigenvalue weighted by Gasteiger charge is 1.96. The molecule has 0 radical (unpaired) electrons. The molecule has 0 saturated carbocycles. The zero-order valence-electron chi connectivity index (χ0n) is 8.36. The van der Waals surface area contributed by atoms with Crippen molar-refractivity contribution in [1.82, 2.24) is 0 Å². The second kappa shape index (κ2) is 4.95. The van der Waals surface area contributed by atoms with Gasteiger partial charge in [-0.3, -0.25) is 10.2 Å². The minimum atomic E-state index is -0.345. The molecule has 1 aromatic carbocycles. The summed E-state index contributed by atoms with van der Waals surface area (Å²) < 4.78 is 4.86. The maximum absolute atomic E-state index is 10.6. The van der Waals surface area contributed by atoms with Crippen LogP contribution < -0.4 is 10.5 Å². The monoisotopic (exact) mass is 204 g/mol. The van der Waals surface area contributed by atoms with E-state index in [0.717, 1.165) is 5.56 Å². The lowest BCUT2D eigenvalue weighted by atomic mass is 10.2. The van der Waals surface area contributed by atoms with Crippen LogP contribution >= 0.6 is 0 Å². The average Bonchev–Trinajstić information content (AvgIpc) is 2.16. The molecule has 0 spiro atoms. The van der Waals surface area contributed by atoms with E-state index in [1.54, 1.807) is 30.3 Å². The maximum Gasteiger partial charge on any atom is 0.308 e. The molecule has 0 amide bonds. The van der Waals surface area contributed by atoms with Gasteiger partial charge in [-0.1, -0.05) is 18.2 Å². The predicted molar refractivity (Wildman–Crippen MR) is 58.7 cm³/mol. The summed E-state index contributed by atoms with van der Waals surface area (Å²) in [6.45, 7) is 1.35. The predicted octanol–water partition coefficient (Wildman–Crippen LogP) is 1.56. The Bertz CT molecular complexity index is 394. The first-order valence-electron chi connectivity index (χ1n) is 4.38. The molecule has 0 unspecified atom stereocenters. The van der Waals surface area contributed by atoms with Gasteiger partial charge in [-0.05, 0) is 23.8 Å². The lowest BCUT2D eigenvalue weighted by molar-refractivity contribution is -0.131. The Balaban J connectivity index is 2.72. The van der Waals surface area contributed by atoms with E-state index >= 15 is 0 Å². The summed E-state index contributed by atoms with van der Waals surface area (Å²) in [5.74, 6) is 0.156. The highest BCUT2D eigenvalue weighted by atomic mass is 16.5. The molecule has 0 aromatic heterocycles. The van der Waals surface area contributed by atoms with E-state index in [1.165, 1.54) is 13.0 Å². The van der Waals surface area contributed by atoms with Crippen LogP contribution in [-0.4, -0.2) is 11.8 Å². The van der Waals surface area contributed by atoms with E-state index in [4.69, 9.17) is 15.9 Å². The smallest absolute Gasteiger partial charge is 0.308 e. The average molecular weight is 204 g/mol. The minimum Gasteiger partial charge on any atom is -0.427 e. The van der Waals surface area contributed by atoms with Gasteiger partial charge in [0, 0.05) is 6.92 Å². The van der Waals surface area contributed by atoms with Gasteiger partial charge in [0.15, 0.2) is 0 Å². The van der Waals surface area contributed by atoms with Crippen LogP contribution in [0, 0.1) is 5.41 Å². The first-order valence-corrected chi connectivity index (χ1v) is 4.38. The Morgan fingerprint density at radius 1 is 1.40 bits per heavy atom. The summed E-state index contributed by atoms with van der Waals surface area (Å²) >= 11 is 0. The lowest BCUT2D eigenvalue weighted by Crippen LogP contribution is -2.03. The minimum absolute atomic E-state index is 0.000868. The number of hydrogen-bond donors (Lipinski definition) is 2. The number of benzene rings is 1. The van der Waals surface area contributed by atoms with Crippen LogP contribution in [-0.2, 0) is 4.79 Å². The normalized spacial score (nSPS) is 10.2. The van der Waals surface area contributed by atoms with Gasteiger partial charge in [0.05, 0.1) is 0 Å². The van der Waals surface area contributed by atoms with Crippen LogP contribution in [0.25, 0.3) is 6.08 Å². The van der Waals surface area contributed by atoms with Crippen LogP contribution in [0.4, 0.5) is 0 Å². The fourth-order valence-corrected chi connectivity index (χ4v) is 0.999. The van der Waals surface area contributed by atoms with E-state index in [1.807, 2.05) is 0 Å². The van der Waals surface area contributed by atoms with Crippen LogP contribution in [0.1, 0.15) is 12.5 Å². The number of amidine groups is 1. The van der Waals surface area contributed by atoms with Gasteiger partial charge in [0.2, 0.25) is 0 Å². The van der Waals surface area contributed by atoms with Gasteiger partial charge >= 0.3 is 5.97 Å². The van der Waals surface area contributed by atoms with Crippen molar-refractivity contribution >= 4 is 17.9 Å². The lowest BCUT2D eigenvalue weighted by Gasteiger charge is -2.00. The van der Waals surface area contributed by atoms with E-state index in [0.29, 0.717) is 5.75 Å². The van der Waals surface area contributed by atoms with Crippen molar-refractivity contribution in [3.8, 4) is 5.75 Å². The molecule has 3 N–H and O–H groups in total. The van der Waals surface area contributed by atoms with Gasteiger partial charge in [-0.15, -0.1) is 0 Å². The molecule has 0 fully saturated rings. The first kappa shape index (κ1) is 11.0. The van der Waals surface area contributed by atoms with Crippen molar-refractivity contribution in [2.24, 2.45) is 5.73 Å². The number of hydrogen-bond acceptors (Lipinski definition) is 3. The highest BCUT2D eigenvalue weighted by Crippen LogP contribution is 2.13. The molecule has 1 rings (SSSR count). The Morgan fingerprint density at radius 3 is 2.47 bits per heavy atom. The molecule has 0 saturated heterocycles. The first-order chi connectivity index (χ1) is 7.08. The third kappa shape index (κ3) is 4.08. The van der Waals surface area contributed by atoms with Crippen LogP contribution in [0.5, 0.6) is 5.75 Å². The fourth-order valence-electron chi connectivity index (χ4n) is 0.999. The Kier molecular flexibility index (Phi) is 3.62. The van der Waals surface area contributed by atoms with Gasteiger partial charge in [-0.25, -0.2) is 0 Å². The molecule has 4 nitrogen and oxygen atoms in total. The Hall–Kier alpha value is -2.10. The molecular formula is C11H12N2O2. The van der Waals surface area contributed by atoms with Gasteiger partial charge in [0.25, 0.3) is 0 Å². The molecule has 1 aromatic rings. The molecular weight excluding hydrogens is 192 g/mol. The second-order valence-corrected chi connectivity index (χ2v) is 2.95. The van der Waals surface area contributed by atoms with Crippen molar-refractivity contribution in [3.63, 3.8) is 0 Å². The number of ether oxygens (including phenoxy) is 1. The van der Waals surface area contributed by atoms with E-state index < -0.39 is 0 Å². The molecule has 4 heteroatoms. The molecule has 0 bridgehead atoms. The van der Waals surface area contributed by atoms with Gasteiger partial charge < -0.3 is 10.5 Å². The van der Waals surface area contributed by atoms with Crippen molar-refractivity contribution in [2.75, 3.05) is 0 Å². The molecule has 0 atom stereocenters. The number of nitrogens with one attached hydrogen (secondary N) is 1. The van der Waals surface area contributed by atoms with Crippen molar-refractivity contribution in [2.45, 2.75) is 6.92 Å². The standard InChI is InChI=1S/C11H12N2O2/c1-8(14)15-10-5-2-9(3-6-10)4-7-11(12)13/h2-7H,1H3,(H3,12,13). The van der Waals surface area contributed by atoms with E-state index in [-0.39, 0.29) is 11.8 Å². The van der Waals surface area contributed by atoms with Crippen LogP contribution in [0.15, 0.2) is 30.3 Å². The number of rotatable bonds is 3. The summed E-state index contributed by atoms with van der Waals surface area (Å²) in [7, 11) is 0. The summed E-state index contributed by atoms with van der Waals surface area (Å²) in [5, 5.41) is 7.00. The number of carbonyl (C=O) groups is 1. The molecule has 0 aliphatic heterocycles. The zero-order valence-corrected chi connectivity index (χ0v) is 8.36. The molecule has 0 aliphatic rings. The fraction of sp³-hybridized carbons (Fsp3) is 0.0909. The highest BCUT2D eigenvalue weighted by molar-refractivity contribution is 5.92. The maximum atomic E-state index is 10.6. The molecule has 0 aliphatic carbocycles. The van der Waals surface area contributed by atoms with Crippen molar-refractivity contribution in [3.05, 3.63) is 35.9 Å². The molecule has 15 heavy (non-hydrogen) atoms. The van der Waals surface area contributed by atoms with Crippen molar-refractivity contribution in [1.29, 1.82) is 5.41 Å². The quantitative estimate of drug-likeness (QED) is 0.339. The van der Waals surface area contributed by atoms with Crippen LogP contribution in [0.2, 0.25) is 0 Å². The van der Waals surface area contributed by atoms with Crippen LogP contribution in [0.3, 0.4) is 0 Å².